The number of hydrogen-bond donors (Lipinski definition) is 3. The van der Waals surface area contributed by atoms with Crippen LogP contribution >= 0.6 is 0 Å². The van der Waals surface area contributed by atoms with Gasteiger partial charge in [0.05, 0.1) is 12.4 Å². The van der Waals surface area contributed by atoms with Crippen molar-refractivity contribution >= 4 is 5.91 Å². The first-order valence-corrected chi connectivity index (χ1v) is 7.35. The Labute approximate surface area is 123 Å². The molecule has 2 heterocycles. The summed E-state index contributed by atoms with van der Waals surface area (Å²) in [7, 11) is 0. The Hall–Kier alpha value is -1.73. The van der Waals surface area contributed by atoms with Crippen molar-refractivity contribution in [1.29, 1.82) is 0 Å². The number of nitrogens with one attached hydrogen (secondary N) is 2. The molecule has 0 saturated carbocycles. The van der Waals surface area contributed by atoms with Crippen LogP contribution in [0.2, 0.25) is 0 Å². The maximum absolute atomic E-state index is 11.8. The van der Waals surface area contributed by atoms with Gasteiger partial charge in [0.25, 0.3) is 11.5 Å². The first-order chi connectivity index (χ1) is 10.2. The molecule has 2 rings (SSSR count). The number of aromatic nitrogens is 2. The van der Waals surface area contributed by atoms with Gasteiger partial charge in [-0.25, -0.2) is 0 Å². The highest BCUT2D eigenvalue weighted by Gasteiger charge is 2.18. The van der Waals surface area contributed by atoms with Crippen LogP contribution in [0.3, 0.4) is 0 Å². The van der Waals surface area contributed by atoms with E-state index in [4.69, 9.17) is 0 Å². The van der Waals surface area contributed by atoms with Crippen molar-refractivity contribution in [2.75, 3.05) is 32.8 Å². The van der Waals surface area contributed by atoms with Crippen LogP contribution in [0.25, 0.3) is 0 Å². The van der Waals surface area contributed by atoms with Gasteiger partial charge in [0.2, 0.25) is 0 Å². The summed E-state index contributed by atoms with van der Waals surface area (Å²) in [6.45, 7) is 3.69. The number of hydrogen-bond acceptors (Lipinski definition) is 5. The van der Waals surface area contributed by atoms with Crippen LogP contribution in [-0.2, 0) is 0 Å². The Bertz CT molecular complexity index is 517. The molecular formula is C14H22N4O3. The summed E-state index contributed by atoms with van der Waals surface area (Å²) in [5.41, 5.74) is -0.202. The van der Waals surface area contributed by atoms with E-state index in [1.165, 1.54) is 6.20 Å². The Morgan fingerprint density at radius 3 is 3.14 bits per heavy atom. The maximum atomic E-state index is 11.8. The average molecular weight is 294 g/mol. The van der Waals surface area contributed by atoms with E-state index in [0.717, 1.165) is 45.1 Å². The highest BCUT2D eigenvalue weighted by molar-refractivity contribution is 5.91. The summed E-state index contributed by atoms with van der Waals surface area (Å²) in [4.78, 5) is 31.3. The number of aromatic amines is 1. The molecule has 3 N–H and O–H groups in total. The van der Waals surface area contributed by atoms with Crippen molar-refractivity contribution in [3.63, 3.8) is 0 Å². The van der Waals surface area contributed by atoms with Gasteiger partial charge in [-0.3, -0.25) is 14.6 Å². The third-order valence-corrected chi connectivity index (χ3v) is 3.70. The van der Waals surface area contributed by atoms with Gasteiger partial charge in [0.1, 0.15) is 5.69 Å². The summed E-state index contributed by atoms with van der Waals surface area (Å²) in [6, 6.07) is 0. The third kappa shape index (κ3) is 4.95. The number of carbonyl (C=O) groups is 1. The van der Waals surface area contributed by atoms with Crippen LogP contribution in [0.1, 0.15) is 29.8 Å². The molecule has 116 valence electrons. The van der Waals surface area contributed by atoms with E-state index in [9.17, 15) is 14.7 Å². The van der Waals surface area contributed by atoms with E-state index >= 15 is 0 Å². The molecule has 1 aromatic rings. The molecule has 1 aliphatic rings. The number of carbonyl (C=O) groups excluding carboxylic acids is 1. The molecule has 1 aliphatic heterocycles. The van der Waals surface area contributed by atoms with Crippen LogP contribution in [0.15, 0.2) is 17.2 Å². The van der Waals surface area contributed by atoms with Gasteiger partial charge in [-0.1, -0.05) is 0 Å². The van der Waals surface area contributed by atoms with Crippen molar-refractivity contribution < 1.29 is 9.90 Å². The zero-order valence-corrected chi connectivity index (χ0v) is 12.0. The van der Waals surface area contributed by atoms with Crippen molar-refractivity contribution in [2.45, 2.75) is 19.3 Å². The lowest BCUT2D eigenvalue weighted by Gasteiger charge is -2.31. The van der Waals surface area contributed by atoms with Gasteiger partial charge < -0.3 is 20.3 Å². The standard InChI is InChI=1S/C14H22N4O3/c19-10-11-3-1-5-18(9-11)6-2-4-16-14(21)12-7-15-8-13(20)17-12/h7-8,11,19H,1-6,9-10H2,(H,16,21)(H,17,20). The Morgan fingerprint density at radius 1 is 1.52 bits per heavy atom. The number of piperidine rings is 1. The van der Waals surface area contributed by atoms with E-state index in [1.807, 2.05) is 0 Å². The van der Waals surface area contributed by atoms with Crippen LogP contribution in [-0.4, -0.2) is 58.7 Å². The van der Waals surface area contributed by atoms with E-state index in [0.29, 0.717) is 12.5 Å². The predicted octanol–water partition coefficient (Wildman–Crippen LogP) is -0.406. The summed E-state index contributed by atoms with van der Waals surface area (Å²) < 4.78 is 0. The molecule has 7 nitrogen and oxygen atoms in total. The smallest absolute Gasteiger partial charge is 0.269 e. The summed E-state index contributed by atoms with van der Waals surface area (Å²) in [5, 5.41) is 11.9. The molecule has 1 saturated heterocycles. The van der Waals surface area contributed by atoms with Gasteiger partial charge in [-0.15, -0.1) is 0 Å². The van der Waals surface area contributed by atoms with Crippen LogP contribution in [0, 0.1) is 5.92 Å². The van der Waals surface area contributed by atoms with Gasteiger partial charge in [-0.05, 0) is 38.3 Å². The van der Waals surface area contributed by atoms with Crippen LogP contribution in [0.4, 0.5) is 0 Å². The monoisotopic (exact) mass is 294 g/mol. The number of aliphatic hydroxyl groups excluding tert-OH is 1. The van der Waals surface area contributed by atoms with E-state index < -0.39 is 0 Å². The molecule has 0 aromatic carbocycles. The van der Waals surface area contributed by atoms with Crippen molar-refractivity contribution in [1.82, 2.24) is 20.2 Å². The van der Waals surface area contributed by atoms with Crippen LogP contribution < -0.4 is 10.9 Å². The SMILES string of the molecule is O=C(NCCCN1CCCC(CO)C1)c1cncc(=O)[nH]1. The summed E-state index contributed by atoms with van der Waals surface area (Å²) >= 11 is 0. The summed E-state index contributed by atoms with van der Waals surface area (Å²) in [5.74, 6) is 0.0703. The van der Waals surface area contributed by atoms with E-state index in [2.05, 4.69) is 20.2 Å². The van der Waals surface area contributed by atoms with Gasteiger partial charge >= 0.3 is 0 Å². The predicted molar refractivity (Wildman–Crippen MR) is 78.1 cm³/mol. The minimum atomic E-state index is -0.383. The zero-order chi connectivity index (χ0) is 15.1. The second-order valence-corrected chi connectivity index (χ2v) is 5.41. The fourth-order valence-corrected chi connectivity index (χ4v) is 2.60. The topological polar surface area (TPSA) is 98.3 Å². The number of aliphatic hydroxyl groups is 1. The van der Waals surface area contributed by atoms with Crippen molar-refractivity contribution in [3.05, 3.63) is 28.4 Å². The molecule has 0 bridgehead atoms. The maximum Gasteiger partial charge on any atom is 0.269 e. The molecule has 1 aromatic heterocycles. The average Bonchev–Trinajstić information content (AvgIpc) is 2.51. The molecule has 1 fully saturated rings. The fourth-order valence-electron chi connectivity index (χ4n) is 2.60. The number of likely N-dealkylation sites (tertiary alicyclic amines) is 1. The number of amides is 1. The van der Waals surface area contributed by atoms with Crippen LogP contribution in [0.5, 0.6) is 0 Å². The molecule has 7 heteroatoms. The van der Waals surface area contributed by atoms with Gasteiger partial charge in [0.15, 0.2) is 0 Å². The van der Waals surface area contributed by atoms with Crippen molar-refractivity contribution in [2.24, 2.45) is 5.92 Å². The Morgan fingerprint density at radius 2 is 2.38 bits per heavy atom. The lowest BCUT2D eigenvalue weighted by atomic mass is 9.99. The highest BCUT2D eigenvalue weighted by atomic mass is 16.3. The molecule has 21 heavy (non-hydrogen) atoms. The molecular weight excluding hydrogens is 272 g/mol. The Kier molecular flexibility index (Phi) is 5.89. The van der Waals surface area contributed by atoms with Gasteiger partial charge in [0, 0.05) is 19.7 Å². The fraction of sp³-hybridized carbons (Fsp3) is 0.643. The first-order valence-electron chi connectivity index (χ1n) is 7.35. The number of nitrogens with zero attached hydrogens (tertiary/aromatic N) is 2. The first kappa shape index (κ1) is 15.7. The summed E-state index contributed by atoms with van der Waals surface area (Å²) in [6.07, 6.45) is 5.53. The minimum absolute atomic E-state index is 0.181. The number of H-pyrrole nitrogens is 1. The Balaban J connectivity index is 1.67. The lowest BCUT2D eigenvalue weighted by molar-refractivity contribution is 0.0941. The van der Waals surface area contributed by atoms with Gasteiger partial charge in [-0.2, -0.15) is 0 Å². The molecule has 1 amide bonds. The van der Waals surface area contributed by atoms with E-state index in [-0.39, 0.29) is 23.8 Å². The largest absolute Gasteiger partial charge is 0.396 e. The van der Waals surface area contributed by atoms with E-state index in [1.54, 1.807) is 0 Å². The number of rotatable bonds is 6. The molecule has 0 aliphatic carbocycles. The molecule has 0 radical (unpaired) electrons. The second-order valence-electron chi connectivity index (χ2n) is 5.41. The highest BCUT2D eigenvalue weighted by Crippen LogP contribution is 2.15. The zero-order valence-electron chi connectivity index (χ0n) is 12.0. The second kappa shape index (κ2) is 7.90. The third-order valence-electron chi connectivity index (χ3n) is 3.70. The normalized spacial score (nSPS) is 19.4. The molecule has 1 unspecified atom stereocenters. The quantitative estimate of drug-likeness (QED) is 0.620. The molecule has 0 spiro atoms. The lowest BCUT2D eigenvalue weighted by Crippen LogP contribution is -2.38. The molecule has 1 atom stereocenters. The minimum Gasteiger partial charge on any atom is -0.396 e. The van der Waals surface area contributed by atoms with Crippen molar-refractivity contribution in [3.8, 4) is 0 Å².